The van der Waals surface area contributed by atoms with Crippen LogP contribution in [0.25, 0.3) is 22.4 Å². The molecule has 3 aromatic rings. The molecule has 6 nitrogen and oxygen atoms in total. The van der Waals surface area contributed by atoms with E-state index in [0.29, 0.717) is 22.7 Å². The molecule has 1 N–H and O–H groups in total. The first-order chi connectivity index (χ1) is 10.7. The average molecular weight is 295 g/mol. The van der Waals surface area contributed by atoms with E-state index in [4.69, 9.17) is 0 Å². The highest BCUT2D eigenvalue weighted by Crippen LogP contribution is 2.19. The summed E-state index contributed by atoms with van der Waals surface area (Å²) in [4.78, 5) is 27.2. The second kappa shape index (κ2) is 5.65. The van der Waals surface area contributed by atoms with E-state index in [1.165, 1.54) is 12.1 Å². The molecule has 0 fully saturated rings. The average Bonchev–Trinajstić information content (AvgIpc) is 2.54. The molecule has 1 aromatic carbocycles. The molecule has 2 heterocycles. The third-order valence-electron chi connectivity index (χ3n) is 2.93. The zero-order chi connectivity index (χ0) is 15.5. The van der Waals surface area contributed by atoms with Crippen LogP contribution in [-0.2, 0) is 0 Å². The van der Waals surface area contributed by atoms with Gasteiger partial charge in [-0.05, 0) is 43.1 Å². The lowest BCUT2D eigenvalue weighted by Gasteiger charge is -2.04. The summed E-state index contributed by atoms with van der Waals surface area (Å²) in [5.74, 6) is -0.0204. The van der Waals surface area contributed by atoms with Crippen molar-refractivity contribution in [3.8, 4) is 11.3 Å². The maximum absolute atomic E-state index is 13.0. The summed E-state index contributed by atoms with van der Waals surface area (Å²) in [5.41, 5.74) is 2.23. The summed E-state index contributed by atoms with van der Waals surface area (Å²) in [6.45, 7) is 3.13. The number of aliphatic imine (C=N–C) groups is 1. The van der Waals surface area contributed by atoms with Gasteiger partial charge in [0.05, 0.1) is 11.9 Å². The minimum absolute atomic E-state index is 0.301. The Bertz CT molecular complexity index is 863. The Morgan fingerprint density at radius 1 is 1.14 bits per heavy atom. The van der Waals surface area contributed by atoms with Gasteiger partial charge in [-0.2, -0.15) is 0 Å². The second-order valence-electron chi connectivity index (χ2n) is 4.39. The van der Waals surface area contributed by atoms with Gasteiger partial charge in [0.2, 0.25) is 0 Å². The van der Waals surface area contributed by atoms with E-state index >= 15 is 0 Å². The van der Waals surface area contributed by atoms with E-state index in [-0.39, 0.29) is 5.82 Å². The molecule has 108 valence electrons. The number of carbonyl (C=O) groups excluding carboxylic acids is 1. The van der Waals surface area contributed by atoms with Gasteiger partial charge in [0.25, 0.3) is 0 Å². The highest BCUT2D eigenvalue weighted by molar-refractivity contribution is 5.92. The minimum Gasteiger partial charge on any atom is -0.290 e. The summed E-state index contributed by atoms with van der Waals surface area (Å²) in [6.07, 6.45) is 1.58. The van der Waals surface area contributed by atoms with Gasteiger partial charge in [0.1, 0.15) is 17.2 Å². The number of benzene rings is 1. The molecule has 0 saturated heterocycles. The fourth-order valence-electron chi connectivity index (χ4n) is 1.88. The first-order valence-corrected chi connectivity index (χ1v) is 6.33. The SMILES string of the molecule is C=NC(=O)Nc1ccc2ncc(-c3ccc(F)cc3)nc2n1. The van der Waals surface area contributed by atoms with Gasteiger partial charge in [-0.3, -0.25) is 10.3 Å². The van der Waals surface area contributed by atoms with Crippen molar-refractivity contribution in [3.63, 3.8) is 0 Å². The molecule has 0 atom stereocenters. The molecule has 22 heavy (non-hydrogen) atoms. The topological polar surface area (TPSA) is 80.1 Å². The molecular formula is C15H10FN5O. The van der Waals surface area contributed by atoms with Crippen molar-refractivity contribution in [3.05, 3.63) is 48.4 Å². The molecule has 3 rings (SSSR count). The van der Waals surface area contributed by atoms with Crippen LogP contribution in [0, 0.1) is 5.82 Å². The second-order valence-corrected chi connectivity index (χ2v) is 4.39. The van der Waals surface area contributed by atoms with Crippen LogP contribution < -0.4 is 5.32 Å². The van der Waals surface area contributed by atoms with Gasteiger partial charge in [0, 0.05) is 5.56 Å². The van der Waals surface area contributed by atoms with Gasteiger partial charge < -0.3 is 0 Å². The number of hydrogen-bond acceptors (Lipinski definition) is 4. The zero-order valence-corrected chi connectivity index (χ0v) is 11.3. The quantitative estimate of drug-likeness (QED) is 0.737. The van der Waals surface area contributed by atoms with Crippen LogP contribution in [0.3, 0.4) is 0 Å². The van der Waals surface area contributed by atoms with Crippen molar-refractivity contribution in [1.29, 1.82) is 0 Å². The third-order valence-corrected chi connectivity index (χ3v) is 2.93. The van der Waals surface area contributed by atoms with Crippen LogP contribution >= 0.6 is 0 Å². The Kier molecular flexibility index (Phi) is 3.53. The number of halogens is 1. The van der Waals surface area contributed by atoms with Crippen molar-refractivity contribution in [1.82, 2.24) is 15.0 Å². The molecule has 0 spiro atoms. The largest absolute Gasteiger partial charge is 0.345 e. The van der Waals surface area contributed by atoms with Crippen molar-refractivity contribution >= 4 is 29.7 Å². The summed E-state index contributed by atoms with van der Waals surface area (Å²) in [7, 11) is 0. The highest BCUT2D eigenvalue weighted by atomic mass is 19.1. The Labute approximate surface area is 124 Å². The lowest BCUT2D eigenvalue weighted by Crippen LogP contribution is -2.07. The molecule has 0 bridgehead atoms. The first-order valence-electron chi connectivity index (χ1n) is 6.33. The maximum atomic E-state index is 13.0. The van der Waals surface area contributed by atoms with Crippen LogP contribution in [-0.4, -0.2) is 27.7 Å². The lowest BCUT2D eigenvalue weighted by atomic mass is 10.1. The van der Waals surface area contributed by atoms with E-state index in [2.05, 4.69) is 32.0 Å². The number of nitrogens with one attached hydrogen (secondary N) is 1. The molecule has 0 aliphatic heterocycles. The van der Waals surface area contributed by atoms with Gasteiger partial charge in [-0.25, -0.2) is 24.1 Å². The fourth-order valence-corrected chi connectivity index (χ4v) is 1.88. The number of amides is 2. The van der Waals surface area contributed by atoms with Crippen LogP contribution in [0.1, 0.15) is 0 Å². The highest BCUT2D eigenvalue weighted by Gasteiger charge is 2.06. The van der Waals surface area contributed by atoms with E-state index in [9.17, 15) is 9.18 Å². The van der Waals surface area contributed by atoms with E-state index < -0.39 is 6.03 Å². The molecule has 2 amide bonds. The number of aromatic nitrogens is 3. The number of urea groups is 1. The smallest absolute Gasteiger partial charge is 0.290 e. The summed E-state index contributed by atoms with van der Waals surface area (Å²) in [5, 5.41) is 2.45. The van der Waals surface area contributed by atoms with Crippen molar-refractivity contribution in [2.75, 3.05) is 5.32 Å². The molecule has 2 aromatic heterocycles. The van der Waals surface area contributed by atoms with E-state index in [1.807, 2.05) is 0 Å². The maximum Gasteiger partial charge on any atom is 0.345 e. The fraction of sp³-hybridized carbons (Fsp3) is 0. The summed E-state index contributed by atoms with van der Waals surface area (Å²) >= 11 is 0. The number of rotatable bonds is 2. The lowest BCUT2D eigenvalue weighted by molar-refractivity contribution is 0.259. The molecular weight excluding hydrogens is 285 g/mol. The minimum atomic E-state index is -0.602. The Morgan fingerprint density at radius 2 is 1.91 bits per heavy atom. The Morgan fingerprint density at radius 3 is 2.64 bits per heavy atom. The van der Waals surface area contributed by atoms with Crippen molar-refractivity contribution < 1.29 is 9.18 Å². The third kappa shape index (κ3) is 2.78. The van der Waals surface area contributed by atoms with Crippen molar-refractivity contribution in [2.45, 2.75) is 0 Å². The normalized spacial score (nSPS) is 10.4. The monoisotopic (exact) mass is 295 g/mol. The van der Waals surface area contributed by atoms with Crippen LogP contribution in [0.5, 0.6) is 0 Å². The Balaban J connectivity index is 2.01. The number of fused-ring (bicyclic) bond motifs is 1. The van der Waals surface area contributed by atoms with Gasteiger partial charge in [-0.15, -0.1) is 0 Å². The van der Waals surface area contributed by atoms with Crippen LogP contribution in [0.15, 0.2) is 47.6 Å². The van der Waals surface area contributed by atoms with Crippen molar-refractivity contribution in [2.24, 2.45) is 4.99 Å². The molecule has 0 radical (unpaired) electrons. The number of hydrogen-bond donors (Lipinski definition) is 1. The standard InChI is InChI=1S/C15H10FN5O/c1-17-15(22)21-13-7-6-11-14(20-13)19-12(8-18-11)9-2-4-10(16)5-3-9/h2-8H,1H2,(H,19,20,21,22). The molecule has 0 unspecified atom stereocenters. The van der Waals surface area contributed by atoms with Crippen LogP contribution in [0.2, 0.25) is 0 Å². The molecule has 0 aliphatic carbocycles. The van der Waals surface area contributed by atoms with E-state index in [0.717, 1.165) is 5.56 Å². The molecule has 0 saturated carbocycles. The molecule has 0 aliphatic rings. The summed E-state index contributed by atoms with van der Waals surface area (Å²) in [6, 6.07) is 8.59. The van der Waals surface area contributed by atoms with Crippen LogP contribution in [0.4, 0.5) is 15.0 Å². The predicted octanol–water partition coefficient (Wildman–Crippen LogP) is 3.06. The van der Waals surface area contributed by atoms with E-state index in [1.54, 1.807) is 30.5 Å². The first kappa shape index (κ1) is 13.7. The number of pyridine rings is 1. The molecule has 7 heteroatoms. The predicted molar refractivity (Wildman–Crippen MR) is 81.3 cm³/mol. The van der Waals surface area contributed by atoms with Gasteiger partial charge in [0.15, 0.2) is 5.65 Å². The number of anilines is 1. The van der Waals surface area contributed by atoms with Gasteiger partial charge >= 0.3 is 6.03 Å². The Hall–Kier alpha value is -3.22. The number of nitrogens with zero attached hydrogens (tertiary/aromatic N) is 4. The van der Waals surface area contributed by atoms with Gasteiger partial charge in [-0.1, -0.05) is 0 Å². The summed E-state index contributed by atoms with van der Waals surface area (Å²) < 4.78 is 13.0. The zero-order valence-electron chi connectivity index (χ0n) is 11.3. The number of carbonyl (C=O) groups is 1.